The van der Waals surface area contributed by atoms with Crippen LogP contribution in [0.15, 0.2) is 24.3 Å². The molecule has 0 bridgehead atoms. The highest BCUT2D eigenvalue weighted by molar-refractivity contribution is 6.30. The van der Waals surface area contributed by atoms with Gasteiger partial charge in [0.2, 0.25) is 0 Å². The van der Waals surface area contributed by atoms with E-state index in [2.05, 4.69) is 0 Å². The number of carboxylic acid groups (broad SMARTS) is 1. The smallest absolute Gasteiger partial charge is 0.327 e. The summed E-state index contributed by atoms with van der Waals surface area (Å²) in [4.78, 5) is 10.6. The van der Waals surface area contributed by atoms with E-state index in [1.54, 1.807) is 24.3 Å². The Labute approximate surface area is 86.9 Å². The number of benzene rings is 1. The summed E-state index contributed by atoms with van der Waals surface area (Å²) in [5.41, 5.74) is 0.576. The van der Waals surface area contributed by atoms with Gasteiger partial charge in [0.1, 0.15) is 6.04 Å². The maximum atomic E-state index is 10.6. The normalized spacial score (nSPS) is 12.2. The van der Waals surface area contributed by atoms with Crippen molar-refractivity contribution in [3.63, 3.8) is 0 Å². The number of carbonyl (C=O) groups is 1. The van der Waals surface area contributed by atoms with Crippen molar-refractivity contribution in [2.45, 2.75) is 13.0 Å². The number of carboxylic acids is 1. The van der Waals surface area contributed by atoms with Crippen molar-refractivity contribution >= 4 is 23.3 Å². The highest BCUT2D eigenvalue weighted by atomic mass is 35.5. The van der Waals surface area contributed by atoms with Crippen LogP contribution >= 0.6 is 11.6 Å². The van der Waals surface area contributed by atoms with Crippen LogP contribution in [0.1, 0.15) is 6.92 Å². The van der Waals surface area contributed by atoms with Gasteiger partial charge in [0.25, 0.3) is 0 Å². The number of hydrogen-bond donors (Lipinski definition) is 2. The summed E-state index contributed by atoms with van der Waals surface area (Å²) in [7, 11) is 0. The van der Waals surface area contributed by atoms with Crippen LogP contribution in [-0.4, -0.2) is 17.1 Å². The second-order valence-electron chi connectivity index (χ2n) is 2.90. The zero-order chi connectivity index (χ0) is 10.7. The lowest BCUT2D eigenvalue weighted by Gasteiger charge is -2.22. The zero-order valence-electron chi connectivity index (χ0n) is 7.64. The number of aliphatic carboxylic acids is 1. The minimum Gasteiger partial charge on any atom is -0.480 e. The van der Waals surface area contributed by atoms with Crippen LogP contribution in [0.25, 0.3) is 0 Å². The van der Waals surface area contributed by atoms with E-state index in [1.165, 1.54) is 6.92 Å². The van der Waals surface area contributed by atoms with Crippen LogP contribution in [0.3, 0.4) is 0 Å². The summed E-state index contributed by atoms with van der Waals surface area (Å²) in [6.07, 6.45) is 0. The molecule has 0 amide bonds. The largest absolute Gasteiger partial charge is 0.480 e. The molecular weight excluding hydrogens is 204 g/mol. The topological polar surface area (TPSA) is 66.6 Å². The van der Waals surface area contributed by atoms with Crippen LogP contribution in [-0.2, 0) is 4.79 Å². The van der Waals surface area contributed by atoms with Gasteiger partial charge < -0.3 is 5.11 Å². The molecule has 0 radical (unpaired) electrons. The quantitative estimate of drug-likeness (QED) is 0.591. The van der Waals surface area contributed by atoms with E-state index in [-0.39, 0.29) is 0 Å². The second-order valence-corrected chi connectivity index (χ2v) is 3.34. The average molecular weight is 215 g/mol. The summed E-state index contributed by atoms with van der Waals surface area (Å²) < 4.78 is 0. The fourth-order valence-corrected chi connectivity index (χ4v) is 1.16. The Morgan fingerprint density at radius 1 is 1.64 bits per heavy atom. The Morgan fingerprint density at radius 2 is 2.29 bits per heavy atom. The first-order valence-corrected chi connectivity index (χ1v) is 4.42. The number of hydrogen-bond acceptors (Lipinski definition) is 3. The molecule has 0 saturated carbocycles. The first-order valence-electron chi connectivity index (χ1n) is 4.04. The van der Waals surface area contributed by atoms with Crippen LogP contribution in [0.2, 0.25) is 5.02 Å². The SMILES string of the molecule is CC(C(=O)O)N(N)c1cccc(Cl)c1. The lowest BCUT2D eigenvalue weighted by atomic mass is 10.2. The summed E-state index contributed by atoms with van der Waals surface area (Å²) in [5.74, 6) is 4.62. The maximum Gasteiger partial charge on any atom is 0.327 e. The number of halogens is 1. The minimum absolute atomic E-state index is 0.524. The van der Waals surface area contributed by atoms with Gasteiger partial charge in [-0.25, -0.2) is 10.6 Å². The lowest BCUT2D eigenvalue weighted by Crippen LogP contribution is -2.44. The van der Waals surface area contributed by atoms with Crippen molar-refractivity contribution < 1.29 is 9.90 Å². The van der Waals surface area contributed by atoms with Gasteiger partial charge in [-0.3, -0.25) is 5.01 Å². The van der Waals surface area contributed by atoms with Crippen LogP contribution in [0, 0.1) is 0 Å². The van der Waals surface area contributed by atoms with Gasteiger partial charge in [-0.1, -0.05) is 17.7 Å². The molecule has 4 nitrogen and oxygen atoms in total. The minimum atomic E-state index is -0.979. The van der Waals surface area contributed by atoms with E-state index in [4.69, 9.17) is 22.6 Å². The van der Waals surface area contributed by atoms with Crippen molar-refractivity contribution in [2.24, 2.45) is 5.84 Å². The molecule has 5 heteroatoms. The highest BCUT2D eigenvalue weighted by Gasteiger charge is 2.17. The van der Waals surface area contributed by atoms with Crippen molar-refractivity contribution in [3.8, 4) is 0 Å². The van der Waals surface area contributed by atoms with E-state index < -0.39 is 12.0 Å². The van der Waals surface area contributed by atoms with Gasteiger partial charge >= 0.3 is 5.97 Å². The Balaban J connectivity index is 2.89. The molecule has 0 aliphatic rings. The molecule has 1 aromatic rings. The monoisotopic (exact) mass is 214 g/mol. The predicted molar refractivity (Wildman–Crippen MR) is 55.2 cm³/mol. The Kier molecular flexibility index (Phi) is 3.33. The zero-order valence-corrected chi connectivity index (χ0v) is 8.40. The second kappa shape index (κ2) is 4.30. The molecule has 0 aromatic heterocycles. The summed E-state index contributed by atoms with van der Waals surface area (Å²) in [6, 6.07) is 5.94. The van der Waals surface area contributed by atoms with Crippen molar-refractivity contribution in [2.75, 3.05) is 5.01 Å². The fraction of sp³-hybridized carbons (Fsp3) is 0.222. The van der Waals surface area contributed by atoms with Gasteiger partial charge in [-0.05, 0) is 25.1 Å². The molecule has 1 unspecified atom stereocenters. The predicted octanol–water partition coefficient (Wildman–Crippen LogP) is 1.49. The molecule has 1 atom stereocenters. The Bertz CT molecular complexity index is 343. The van der Waals surface area contributed by atoms with Crippen molar-refractivity contribution in [3.05, 3.63) is 29.3 Å². The van der Waals surface area contributed by atoms with E-state index in [0.29, 0.717) is 10.7 Å². The highest BCUT2D eigenvalue weighted by Crippen LogP contribution is 2.18. The van der Waals surface area contributed by atoms with Crippen LogP contribution < -0.4 is 10.9 Å². The van der Waals surface area contributed by atoms with E-state index in [0.717, 1.165) is 5.01 Å². The van der Waals surface area contributed by atoms with Gasteiger partial charge in [-0.2, -0.15) is 0 Å². The fourth-order valence-electron chi connectivity index (χ4n) is 0.979. The molecule has 1 rings (SSSR count). The number of anilines is 1. The van der Waals surface area contributed by atoms with E-state index in [9.17, 15) is 4.79 Å². The van der Waals surface area contributed by atoms with Gasteiger partial charge in [-0.15, -0.1) is 0 Å². The molecule has 0 aliphatic heterocycles. The first-order chi connectivity index (χ1) is 6.52. The molecule has 76 valence electrons. The molecular formula is C9H11ClN2O2. The first kappa shape index (κ1) is 10.8. The third-order valence-electron chi connectivity index (χ3n) is 1.88. The van der Waals surface area contributed by atoms with Crippen LogP contribution in [0.5, 0.6) is 0 Å². The molecule has 0 spiro atoms. The molecule has 0 aliphatic carbocycles. The molecule has 14 heavy (non-hydrogen) atoms. The molecule has 0 saturated heterocycles. The van der Waals surface area contributed by atoms with Crippen LogP contribution in [0.4, 0.5) is 5.69 Å². The Hall–Kier alpha value is -1.26. The summed E-state index contributed by atoms with van der Waals surface area (Å²) in [5, 5.41) is 10.4. The van der Waals surface area contributed by atoms with Gasteiger partial charge in [0, 0.05) is 5.02 Å². The standard InChI is InChI=1S/C9H11ClN2O2/c1-6(9(13)14)12(11)8-4-2-3-7(10)5-8/h2-6H,11H2,1H3,(H,13,14). The molecule has 1 aromatic carbocycles. The molecule has 3 N–H and O–H groups in total. The number of rotatable bonds is 3. The van der Waals surface area contributed by atoms with Gasteiger partial charge in [0.15, 0.2) is 0 Å². The summed E-state index contributed by atoms with van der Waals surface area (Å²) >= 11 is 5.74. The van der Waals surface area contributed by atoms with E-state index >= 15 is 0 Å². The Morgan fingerprint density at radius 3 is 2.79 bits per heavy atom. The maximum absolute atomic E-state index is 10.6. The third-order valence-corrected chi connectivity index (χ3v) is 2.12. The lowest BCUT2D eigenvalue weighted by molar-refractivity contribution is -0.138. The van der Waals surface area contributed by atoms with Crippen molar-refractivity contribution in [1.82, 2.24) is 0 Å². The average Bonchev–Trinajstić information content (AvgIpc) is 2.15. The number of nitrogens with zero attached hydrogens (tertiary/aromatic N) is 1. The molecule has 0 fully saturated rings. The number of nitrogens with two attached hydrogens (primary N) is 1. The van der Waals surface area contributed by atoms with Gasteiger partial charge in [0.05, 0.1) is 5.69 Å². The van der Waals surface area contributed by atoms with E-state index in [1.807, 2.05) is 0 Å². The third kappa shape index (κ3) is 2.37. The number of hydrazine groups is 1. The van der Waals surface area contributed by atoms with Crippen molar-refractivity contribution in [1.29, 1.82) is 0 Å². The summed E-state index contributed by atoms with van der Waals surface area (Å²) in [6.45, 7) is 1.50. The molecule has 0 heterocycles.